The van der Waals surface area contributed by atoms with Gasteiger partial charge in [0.2, 0.25) is 6.54 Å². The molecule has 2 aromatic carbocycles. The normalized spacial score (nSPS) is 12.2. The number of H-pyrrole nitrogens is 1. The number of hydrogen-bond donors (Lipinski definition) is 1. The number of halogens is 1. The predicted molar refractivity (Wildman–Crippen MR) is 92.8 cm³/mol. The third-order valence-corrected chi connectivity index (χ3v) is 4.38. The van der Waals surface area contributed by atoms with Crippen LogP contribution in [0.5, 0.6) is 0 Å². The van der Waals surface area contributed by atoms with Crippen molar-refractivity contribution in [3.05, 3.63) is 84.5 Å². The average Bonchev–Trinajstić information content (AvgIpc) is 2.96. The van der Waals surface area contributed by atoms with E-state index in [1.807, 2.05) is 24.3 Å². The summed E-state index contributed by atoms with van der Waals surface area (Å²) < 4.78 is 0.635. The summed E-state index contributed by atoms with van der Waals surface area (Å²) in [5.41, 5.74) is 1.69. The van der Waals surface area contributed by atoms with E-state index in [0.29, 0.717) is 15.6 Å². The third-order valence-electron chi connectivity index (χ3n) is 3.89. The lowest BCUT2D eigenvalue weighted by molar-refractivity contribution is -0.482. The zero-order chi connectivity index (χ0) is 17.3. The number of nitro benzene ring substituents is 1. The average molecular weight is 390 g/mol. The molecular weight excluding hydrogens is 378 g/mol. The topological polar surface area (TPSA) is 102 Å². The van der Waals surface area contributed by atoms with E-state index in [9.17, 15) is 20.2 Å². The number of benzene rings is 2. The molecular formula is C16H12BrN3O4. The summed E-state index contributed by atoms with van der Waals surface area (Å²) in [5, 5.41) is 23.4. The maximum absolute atomic E-state index is 11.4. The van der Waals surface area contributed by atoms with E-state index in [4.69, 9.17) is 0 Å². The van der Waals surface area contributed by atoms with Gasteiger partial charge in [0.15, 0.2) is 0 Å². The van der Waals surface area contributed by atoms with Crippen LogP contribution in [0.4, 0.5) is 5.69 Å². The maximum atomic E-state index is 11.4. The molecule has 8 heteroatoms. The van der Waals surface area contributed by atoms with Crippen molar-refractivity contribution in [3.8, 4) is 0 Å². The first-order valence-corrected chi connectivity index (χ1v) is 7.88. The zero-order valence-corrected chi connectivity index (χ0v) is 13.9. The van der Waals surface area contributed by atoms with Gasteiger partial charge in [0.25, 0.3) is 5.69 Å². The number of rotatable bonds is 5. The van der Waals surface area contributed by atoms with Crippen LogP contribution >= 0.6 is 15.9 Å². The molecule has 1 heterocycles. The second kappa shape index (κ2) is 6.40. The van der Waals surface area contributed by atoms with Gasteiger partial charge >= 0.3 is 0 Å². The van der Waals surface area contributed by atoms with Gasteiger partial charge < -0.3 is 4.98 Å². The summed E-state index contributed by atoms with van der Waals surface area (Å²) in [7, 11) is 0. The van der Waals surface area contributed by atoms with Gasteiger partial charge in [-0.1, -0.05) is 34.1 Å². The Kier molecular flexibility index (Phi) is 4.30. The second-order valence-electron chi connectivity index (χ2n) is 5.32. The fourth-order valence-corrected chi connectivity index (χ4v) is 3.25. The number of hydrogen-bond acceptors (Lipinski definition) is 4. The van der Waals surface area contributed by atoms with Crippen LogP contribution in [-0.4, -0.2) is 21.4 Å². The minimum atomic E-state index is -0.728. The number of nitro groups is 2. The Morgan fingerprint density at radius 3 is 2.54 bits per heavy atom. The van der Waals surface area contributed by atoms with Crippen LogP contribution in [0.3, 0.4) is 0 Å². The molecule has 3 rings (SSSR count). The summed E-state index contributed by atoms with van der Waals surface area (Å²) in [6.07, 6.45) is 1.68. The molecule has 0 aliphatic heterocycles. The molecule has 0 saturated carbocycles. The highest BCUT2D eigenvalue weighted by molar-refractivity contribution is 9.10. The van der Waals surface area contributed by atoms with E-state index < -0.39 is 22.3 Å². The largest absolute Gasteiger partial charge is 0.361 e. The SMILES string of the molecule is O=[N+]([O-])CC(c1cc(Br)ccc1[N+](=O)[O-])c1c[nH]c2ccccc12. The van der Waals surface area contributed by atoms with Crippen molar-refractivity contribution in [3.63, 3.8) is 0 Å². The van der Waals surface area contributed by atoms with E-state index in [1.165, 1.54) is 6.07 Å². The molecule has 1 N–H and O–H groups in total. The Balaban J connectivity index is 2.23. The Morgan fingerprint density at radius 2 is 1.83 bits per heavy atom. The molecule has 7 nitrogen and oxygen atoms in total. The van der Waals surface area contributed by atoms with E-state index >= 15 is 0 Å². The Labute approximate surface area is 144 Å². The third kappa shape index (κ3) is 3.00. The van der Waals surface area contributed by atoms with Crippen LogP contribution in [0.25, 0.3) is 10.9 Å². The fraction of sp³-hybridized carbons (Fsp3) is 0.125. The van der Waals surface area contributed by atoms with E-state index in [-0.39, 0.29) is 5.69 Å². The van der Waals surface area contributed by atoms with Crippen molar-refractivity contribution < 1.29 is 9.85 Å². The summed E-state index contributed by atoms with van der Waals surface area (Å²) in [6, 6.07) is 11.9. The molecule has 0 bridgehead atoms. The molecule has 0 radical (unpaired) electrons. The molecule has 1 aromatic heterocycles. The minimum absolute atomic E-state index is 0.129. The predicted octanol–water partition coefficient (Wildman–Crippen LogP) is 4.25. The number of nitrogens with one attached hydrogen (secondary N) is 1. The lowest BCUT2D eigenvalue weighted by atomic mass is 9.90. The van der Waals surface area contributed by atoms with Gasteiger partial charge in [-0.25, -0.2) is 0 Å². The van der Waals surface area contributed by atoms with Crippen molar-refractivity contribution >= 4 is 32.5 Å². The molecule has 0 amide bonds. The van der Waals surface area contributed by atoms with Gasteiger partial charge in [0, 0.05) is 38.1 Å². The van der Waals surface area contributed by atoms with Crippen LogP contribution in [0.2, 0.25) is 0 Å². The smallest absolute Gasteiger partial charge is 0.273 e. The molecule has 3 aromatic rings. The first kappa shape index (κ1) is 16.1. The summed E-state index contributed by atoms with van der Waals surface area (Å²) in [4.78, 5) is 24.7. The summed E-state index contributed by atoms with van der Waals surface area (Å²) >= 11 is 3.29. The number of fused-ring (bicyclic) bond motifs is 1. The molecule has 1 atom stereocenters. The quantitative estimate of drug-likeness (QED) is 0.520. The number of aromatic amines is 1. The standard InChI is InChI=1S/C16H12BrN3O4/c17-10-5-6-16(20(23)24)12(7-10)14(9-19(21)22)13-8-18-15-4-2-1-3-11(13)15/h1-8,14,18H,9H2. The van der Waals surface area contributed by atoms with Crippen LogP contribution < -0.4 is 0 Å². The molecule has 0 saturated heterocycles. The Bertz CT molecular complexity index is 938. The molecule has 0 aliphatic rings. The van der Waals surface area contributed by atoms with E-state index in [0.717, 1.165) is 10.9 Å². The van der Waals surface area contributed by atoms with Gasteiger partial charge in [0.1, 0.15) is 0 Å². The van der Waals surface area contributed by atoms with Gasteiger partial charge in [-0.2, -0.15) is 0 Å². The number of nitrogens with zero attached hydrogens (tertiary/aromatic N) is 2. The minimum Gasteiger partial charge on any atom is -0.361 e. The van der Waals surface area contributed by atoms with Crippen molar-refractivity contribution in [2.45, 2.75) is 5.92 Å². The number of aromatic nitrogens is 1. The second-order valence-corrected chi connectivity index (χ2v) is 6.23. The molecule has 1 unspecified atom stereocenters. The summed E-state index contributed by atoms with van der Waals surface area (Å²) in [6.45, 7) is -0.431. The first-order chi connectivity index (χ1) is 11.5. The van der Waals surface area contributed by atoms with Crippen molar-refractivity contribution in [1.82, 2.24) is 4.98 Å². The van der Waals surface area contributed by atoms with Crippen LogP contribution in [-0.2, 0) is 0 Å². The van der Waals surface area contributed by atoms with Gasteiger partial charge in [-0.15, -0.1) is 0 Å². The van der Waals surface area contributed by atoms with Gasteiger partial charge in [0.05, 0.1) is 10.8 Å². The van der Waals surface area contributed by atoms with Gasteiger partial charge in [-0.3, -0.25) is 20.2 Å². The maximum Gasteiger partial charge on any atom is 0.273 e. The highest BCUT2D eigenvalue weighted by Gasteiger charge is 2.29. The fourth-order valence-electron chi connectivity index (χ4n) is 2.87. The lowest BCUT2D eigenvalue weighted by Crippen LogP contribution is -2.15. The van der Waals surface area contributed by atoms with Crippen molar-refractivity contribution in [2.75, 3.05) is 6.54 Å². The van der Waals surface area contributed by atoms with Crippen LogP contribution in [0.15, 0.2) is 53.1 Å². The Hall–Kier alpha value is -2.74. The Morgan fingerprint density at radius 1 is 1.08 bits per heavy atom. The van der Waals surface area contributed by atoms with E-state index in [1.54, 1.807) is 18.3 Å². The molecule has 24 heavy (non-hydrogen) atoms. The molecule has 122 valence electrons. The van der Waals surface area contributed by atoms with Crippen LogP contribution in [0.1, 0.15) is 17.0 Å². The number of para-hydroxylation sites is 1. The highest BCUT2D eigenvalue weighted by atomic mass is 79.9. The van der Waals surface area contributed by atoms with Gasteiger partial charge in [-0.05, 0) is 23.8 Å². The van der Waals surface area contributed by atoms with Crippen LogP contribution in [0, 0.1) is 20.2 Å². The zero-order valence-electron chi connectivity index (χ0n) is 12.3. The lowest BCUT2D eigenvalue weighted by Gasteiger charge is -2.13. The monoisotopic (exact) mass is 389 g/mol. The van der Waals surface area contributed by atoms with Crippen molar-refractivity contribution in [2.24, 2.45) is 0 Å². The highest BCUT2D eigenvalue weighted by Crippen LogP contribution is 2.37. The summed E-state index contributed by atoms with van der Waals surface area (Å²) in [5.74, 6) is -0.728. The van der Waals surface area contributed by atoms with Crippen molar-refractivity contribution in [1.29, 1.82) is 0 Å². The molecule has 0 aliphatic carbocycles. The molecule has 0 spiro atoms. The first-order valence-electron chi connectivity index (χ1n) is 7.09. The molecule has 0 fully saturated rings. The van der Waals surface area contributed by atoms with E-state index in [2.05, 4.69) is 20.9 Å².